The highest BCUT2D eigenvalue weighted by Gasteiger charge is 2.15. The molecule has 0 bridgehead atoms. The van der Waals surface area contributed by atoms with Gasteiger partial charge in [-0.1, -0.05) is 12.1 Å². The Bertz CT molecular complexity index is 706. The second-order valence-electron chi connectivity index (χ2n) is 4.60. The number of nitrogens with zero attached hydrogens (tertiary/aromatic N) is 4. The van der Waals surface area contributed by atoms with Crippen molar-refractivity contribution in [3.63, 3.8) is 0 Å². The molecule has 0 spiro atoms. The van der Waals surface area contributed by atoms with Crippen molar-refractivity contribution in [3.05, 3.63) is 59.9 Å². The highest BCUT2D eigenvalue weighted by Crippen LogP contribution is 2.21. The van der Waals surface area contributed by atoms with Crippen LogP contribution in [0, 0.1) is 0 Å². The van der Waals surface area contributed by atoms with Crippen molar-refractivity contribution in [2.45, 2.75) is 12.6 Å². The van der Waals surface area contributed by atoms with E-state index in [1.165, 1.54) is 0 Å². The number of ether oxygens (including phenoxy) is 1. The molecule has 2 aromatic heterocycles. The third-order valence-corrected chi connectivity index (χ3v) is 3.15. The van der Waals surface area contributed by atoms with Crippen LogP contribution in [0.2, 0.25) is 0 Å². The van der Waals surface area contributed by atoms with Crippen LogP contribution in [0.25, 0.3) is 0 Å². The van der Waals surface area contributed by atoms with Crippen LogP contribution in [0.1, 0.15) is 23.3 Å². The maximum absolute atomic E-state index is 6.20. The molecule has 2 heterocycles. The second-order valence-corrected chi connectivity index (χ2v) is 4.60. The molecule has 3 rings (SSSR count). The Labute approximate surface area is 121 Å². The summed E-state index contributed by atoms with van der Waals surface area (Å²) in [5.41, 5.74) is 7.11. The van der Waals surface area contributed by atoms with Gasteiger partial charge in [0.25, 0.3) is 0 Å². The standard InChI is InChI=1S/C14H16N6O/c1-21-11-5-2-4-10(8-11)13(15)14-17-12(18-19-14)9-20-7-3-6-16-20/h2-8,13H,9,15H2,1H3,(H,17,18,19). The Morgan fingerprint density at radius 2 is 2.29 bits per heavy atom. The van der Waals surface area contributed by atoms with E-state index in [1.807, 2.05) is 36.5 Å². The molecule has 1 aromatic carbocycles. The van der Waals surface area contributed by atoms with Gasteiger partial charge < -0.3 is 10.5 Å². The van der Waals surface area contributed by atoms with Crippen LogP contribution < -0.4 is 10.5 Å². The maximum atomic E-state index is 6.20. The van der Waals surface area contributed by atoms with Crippen LogP contribution in [-0.2, 0) is 6.54 Å². The molecule has 0 radical (unpaired) electrons. The van der Waals surface area contributed by atoms with E-state index in [4.69, 9.17) is 10.5 Å². The Morgan fingerprint density at radius 1 is 1.38 bits per heavy atom. The van der Waals surface area contributed by atoms with Crippen molar-refractivity contribution < 1.29 is 4.74 Å². The van der Waals surface area contributed by atoms with Gasteiger partial charge >= 0.3 is 0 Å². The summed E-state index contributed by atoms with van der Waals surface area (Å²) in [4.78, 5) is 4.42. The van der Waals surface area contributed by atoms with Gasteiger partial charge in [-0.05, 0) is 23.8 Å². The van der Waals surface area contributed by atoms with Crippen molar-refractivity contribution in [2.75, 3.05) is 7.11 Å². The predicted octanol–water partition coefficient (Wildman–Crippen LogP) is 1.11. The fourth-order valence-corrected chi connectivity index (χ4v) is 2.05. The number of nitrogens with one attached hydrogen (secondary N) is 1. The minimum atomic E-state index is -0.400. The van der Waals surface area contributed by atoms with Gasteiger partial charge in [-0.25, -0.2) is 4.98 Å². The van der Waals surface area contributed by atoms with Crippen LogP contribution in [0.5, 0.6) is 5.75 Å². The first-order valence-electron chi connectivity index (χ1n) is 6.54. The van der Waals surface area contributed by atoms with Crippen molar-refractivity contribution in [3.8, 4) is 5.75 Å². The van der Waals surface area contributed by atoms with Gasteiger partial charge in [-0.2, -0.15) is 10.2 Å². The highest BCUT2D eigenvalue weighted by molar-refractivity contribution is 5.32. The first-order valence-corrected chi connectivity index (χ1v) is 6.54. The van der Waals surface area contributed by atoms with E-state index in [0.717, 1.165) is 11.3 Å². The SMILES string of the molecule is COc1cccc(C(N)c2n[nH]c(Cn3cccn3)n2)c1. The molecule has 0 saturated heterocycles. The van der Waals surface area contributed by atoms with Gasteiger partial charge in [0.1, 0.15) is 18.1 Å². The Kier molecular flexibility index (Phi) is 3.65. The topological polar surface area (TPSA) is 94.6 Å². The normalized spacial score (nSPS) is 12.3. The molecule has 7 heteroatoms. The number of rotatable bonds is 5. The molecule has 0 aliphatic rings. The van der Waals surface area contributed by atoms with E-state index in [0.29, 0.717) is 18.2 Å². The van der Waals surface area contributed by atoms with E-state index >= 15 is 0 Å². The average Bonchev–Trinajstić information content (AvgIpc) is 3.19. The lowest BCUT2D eigenvalue weighted by Crippen LogP contribution is -2.14. The van der Waals surface area contributed by atoms with E-state index in [2.05, 4.69) is 20.3 Å². The smallest absolute Gasteiger partial charge is 0.171 e. The summed E-state index contributed by atoms with van der Waals surface area (Å²) in [6, 6.07) is 9.04. The number of hydrogen-bond donors (Lipinski definition) is 2. The van der Waals surface area contributed by atoms with Crippen molar-refractivity contribution >= 4 is 0 Å². The van der Waals surface area contributed by atoms with E-state index < -0.39 is 6.04 Å². The number of H-pyrrole nitrogens is 1. The number of nitrogens with two attached hydrogens (primary N) is 1. The molecule has 21 heavy (non-hydrogen) atoms. The lowest BCUT2D eigenvalue weighted by atomic mass is 10.1. The molecule has 0 fully saturated rings. The molecule has 3 aromatic rings. The van der Waals surface area contributed by atoms with Gasteiger partial charge in [0, 0.05) is 12.4 Å². The fraction of sp³-hybridized carbons (Fsp3) is 0.214. The molecule has 1 atom stereocenters. The van der Waals surface area contributed by atoms with E-state index in [9.17, 15) is 0 Å². The van der Waals surface area contributed by atoms with Gasteiger partial charge in [0.15, 0.2) is 5.82 Å². The molecule has 0 saturated carbocycles. The molecule has 1 unspecified atom stereocenters. The summed E-state index contributed by atoms with van der Waals surface area (Å²) in [5, 5.41) is 11.2. The third-order valence-electron chi connectivity index (χ3n) is 3.15. The zero-order valence-electron chi connectivity index (χ0n) is 11.6. The minimum absolute atomic E-state index is 0.400. The quantitative estimate of drug-likeness (QED) is 0.731. The summed E-state index contributed by atoms with van der Waals surface area (Å²) in [6.07, 6.45) is 3.59. The second kappa shape index (κ2) is 5.76. The lowest BCUT2D eigenvalue weighted by Gasteiger charge is -2.09. The van der Waals surface area contributed by atoms with Gasteiger partial charge in [0.2, 0.25) is 0 Å². The molecule has 108 valence electrons. The number of aromatic amines is 1. The Hall–Kier alpha value is -2.67. The Balaban J connectivity index is 1.78. The summed E-state index contributed by atoms with van der Waals surface area (Å²) >= 11 is 0. The average molecular weight is 284 g/mol. The highest BCUT2D eigenvalue weighted by atomic mass is 16.5. The maximum Gasteiger partial charge on any atom is 0.171 e. The zero-order chi connectivity index (χ0) is 14.7. The van der Waals surface area contributed by atoms with Gasteiger partial charge in [0.05, 0.1) is 13.2 Å². The molecule has 0 aliphatic carbocycles. The van der Waals surface area contributed by atoms with Crippen molar-refractivity contribution in [1.82, 2.24) is 25.0 Å². The predicted molar refractivity (Wildman–Crippen MR) is 76.7 cm³/mol. The van der Waals surface area contributed by atoms with Crippen LogP contribution in [0.4, 0.5) is 0 Å². The lowest BCUT2D eigenvalue weighted by molar-refractivity contribution is 0.414. The molecule has 0 aliphatic heterocycles. The first-order chi connectivity index (χ1) is 10.3. The number of methoxy groups -OCH3 is 1. The molecule has 0 amide bonds. The van der Waals surface area contributed by atoms with E-state index in [-0.39, 0.29) is 0 Å². The monoisotopic (exact) mass is 284 g/mol. The van der Waals surface area contributed by atoms with Crippen LogP contribution in [0.15, 0.2) is 42.7 Å². The first kappa shape index (κ1) is 13.3. The molecular formula is C14H16N6O. The largest absolute Gasteiger partial charge is 0.497 e. The number of benzene rings is 1. The summed E-state index contributed by atoms with van der Waals surface area (Å²) in [5.74, 6) is 2.02. The summed E-state index contributed by atoms with van der Waals surface area (Å²) in [6.45, 7) is 0.533. The van der Waals surface area contributed by atoms with Crippen LogP contribution in [-0.4, -0.2) is 32.1 Å². The van der Waals surface area contributed by atoms with Gasteiger partial charge in [-0.15, -0.1) is 0 Å². The summed E-state index contributed by atoms with van der Waals surface area (Å²) in [7, 11) is 1.62. The molecular weight excluding hydrogens is 268 g/mol. The van der Waals surface area contributed by atoms with Crippen molar-refractivity contribution in [2.24, 2.45) is 5.73 Å². The number of aromatic nitrogens is 5. The minimum Gasteiger partial charge on any atom is -0.497 e. The van der Waals surface area contributed by atoms with E-state index in [1.54, 1.807) is 18.0 Å². The fourth-order valence-electron chi connectivity index (χ4n) is 2.05. The van der Waals surface area contributed by atoms with Gasteiger partial charge in [-0.3, -0.25) is 9.78 Å². The zero-order valence-corrected chi connectivity index (χ0v) is 11.6. The Morgan fingerprint density at radius 3 is 3.05 bits per heavy atom. The van der Waals surface area contributed by atoms with Crippen LogP contribution in [0.3, 0.4) is 0 Å². The molecule has 3 N–H and O–H groups in total. The van der Waals surface area contributed by atoms with Crippen molar-refractivity contribution in [1.29, 1.82) is 0 Å². The summed E-state index contributed by atoms with van der Waals surface area (Å²) < 4.78 is 6.97. The molecule has 7 nitrogen and oxygen atoms in total. The third kappa shape index (κ3) is 2.92. The number of hydrogen-bond acceptors (Lipinski definition) is 5. The van der Waals surface area contributed by atoms with Crippen LogP contribution >= 0.6 is 0 Å².